The fourth-order valence-corrected chi connectivity index (χ4v) is 4.15. The molecule has 0 saturated heterocycles. The third-order valence-electron chi connectivity index (χ3n) is 6.09. The number of urea groups is 1. The van der Waals surface area contributed by atoms with Gasteiger partial charge in [0.25, 0.3) is 5.91 Å². The van der Waals surface area contributed by atoms with Gasteiger partial charge in [-0.05, 0) is 49.0 Å². The van der Waals surface area contributed by atoms with Gasteiger partial charge in [0, 0.05) is 24.5 Å². The van der Waals surface area contributed by atoms with Crippen LogP contribution < -0.4 is 10.6 Å². The number of unbranched alkanes of at least 4 members (excludes halogenated alkanes) is 1. The van der Waals surface area contributed by atoms with Gasteiger partial charge in [0.2, 0.25) is 5.91 Å². The molecule has 3 rings (SSSR count). The molecule has 2 N–H and O–H groups in total. The van der Waals surface area contributed by atoms with Crippen LogP contribution in [-0.4, -0.2) is 58.6 Å². The van der Waals surface area contributed by atoms with Crippen molar-refractivity contribution < 1.29 is 23.8 Å². The van der Waals surface area contributed by atoms with Crippen molar-refractivity contribution in [2.45, 2.75) is 46.1 Å². The molecule has 1 heterocycles. The van der Waals surface area contributed by atoms with Crippen LogP contribution >= 0.6 is 11.6 Å². The van der Waals surface area contributed by atoms with Crippen LogP contribution in [0.25, 0.3) is 0 Å². The zero-order chi connectivity index (χ0) is 26.1. The number of rotatable bonds is 12. The van der Waals surface area contributed by atoms with E-state index in [1.807, 2.05) is 12.1 Å². The summed E-state index contributed by atoms with van der Waals surface area (Å²) >= 11 is 5.90. The fraction of sp³-hybridized carbons (Fsp3) is 0.444. The number of hydrogen-bond donors (Lipinski definition) is 2. The first-order valence-corrected chi connectivity index (χ1v) is 12.8. The molecule has 1 atom stereocenters. The van der Waals surface area contributed by atoms with Crippen LogP contribution in [0.4, 0.5) is 4.79 Å². The van der Waals surface area contributed by atoms with Gasteiger partial charge in [0.05, 0.1) is 6.54 Å². The highest BCUT2D eigenvalue weighted by atomic mass is 35.5. The molecule has 1 aromatic rings. The number of nitrogens with zero attached hydrogens (tertiary/aromatic N) is 2. The number of benzene rings is 1. The van der Waals surface area contributed by atoms with Crippen molar-refractivity contribution in [2.24, 2.45) is 11.8 Å². The maximum atomic E-state index is 13.2. The summed E-state index contributed by atoms with van der Waals surface area (Å²) in [4.78, 5) is 52.2. The molecule has 5 amide bonds. The predicted molar refractivity (Wildman–Crippen MR) is 139 cm³/mol. The van der Waals surface area contributed by atoms with E-state index in [0.29, 0.717) is 49.0 Å². The van der Waals surface area contributed by atoms with E-state index in [9.17, 15) is 19.2 Å². The van der Waals surface area contributed by atoms with Gasteiger partial charge in [-0.25, -0.2) is 4.79 Å². The van der Waals surface area contributed by atoms with Gasteiger partial charge in [-0.15, -0.1) is 0 Å². The van der Waals surface area contributed by atoms with Crippen molar-refractivity contribution in [3.05, 3.63) is 59.2 Å². The Labute approximate surface area is 217 Å². The average molecular weight is 514 g/mol. The molecule has 0 saturated carbocycles. The zero-order valence-corrected chi connectivity index (χ0v) is 21.6. The van der Waals surface area contributed by atoms with Gasteiger partial charge in [-0.1, -0.05) is 55.8 Å². The van der Waals surface area contributed by atoms with E-state index in [1.165, 1.54) is 9.48 Å². The summed E-state index contributed by atoms with van der Waals surface area (Å²) in [6, 6.07) is 6.61. The number of fused-ring (bicyclic) bond motifs is 1. The van der Waals surface area contributed by atoms with Crippen LogP contribution in [0.3, 0.4) is 0 Å². The van der Waals surface area contributed by atoms with E-state index in [-0.39, 0.29) is 30.8 Å². The van der Waals surface area contributed by atoms with E-state index in [2.05, 4.69) is 24.5 Å². The Balaban J connectivity index is 1.58. The van der Waals surface area contributed by atoms with Crippen molar-refractivity contribution in [1.82, 2.24) is 15.5 Å². The Hall–Kier alpha value is -3.26. The first-order chi connectivity index (χ1) is 17.3. The van der Waals surface area contributed by atoms with E-state index < -0.39 is 11.9 Å². The first-order valence-electron chi connectivity index (χ1n) is 12.4. The lowest BCUT2D eigenvalue weighted by Gasteiger charge is -2.26. The Morgan fingerprint density at radius 2 is 1.81 bits per heavy atom. The number of imide groups is 1. The van der Waals surface area contributed by atoms with Crippen LogP contribution in [-0.2, 0) is 20.9 Å². The smallest absolute Gasteiger partial charge is 0.356 e. The molecule has 1 aliphatic carbocycles. The van der Waals surface area contributed by atoms with Crippen molar-refractivity contribution >= 4 is 41.1 Å². The van der Waals surface area contributed by atoms with Gasteiger partial charge in [0.15, 0.2) is 6.54 Å². The lowest BCUT2D eigenvalue weighted by Crippen LogP contribution is -2.56. The third-order valence-corrected chi connectivity index (χ3v) is 6.34. The number of hydrogen-bond acceptors (Lipinski definition) is 4. The van der Waals surface area contributed by atoms with Crippen molar-refractivity contribution in [1.29, 1.82) is 0 Å². The quantitative estimate of drug-likeness (QED) is 0.330. The number of allylic oxidation sites excluding steroid dienone is 3. The molecule has 1 aliphatic heterocycles. The highest BCUT2D eigenvalue weighted by molar-refractivity contribution is 6.30. The molecule has 36 heavy (non-hydrogen) atoms. The van der Waals surface area contributed by atoms with Gasteiger partial charge in [0.1, 0.15) is 11.6 Å². The molecule has 0 aromatic heterocycles. The third kappa shape index (κ3) is 7.62. The second-order valence-electron chi connectivity index (χ2n) is 9.40. The van der Waals surface area contributed by atoms with Crippen molar-refractivity contribution in [2.75, 3.05) is 19.6 Å². The van der Waals surface area contributed by atoms with Gasteiger partial charge < -0.3 is 10.6 Å². The predicted octanol–water partition coefficient (Wildman–Crippen LogP) is 3.45. The lowest BCUT2D eigenvalue weighted by molar-refractivity contribution is -0.428. The molecule has 0 radical (unpaired) electrons. The maximum Gasteiger partial charge on any atom is 0.501 e. The van der Waals surface area contributed by atoms with E-state index >= 15 is 0 Å². The standard InChI is InChI=1S/C27H33ClN4O4/c1-19(2)14-15-29-24(33)9-5-6-16-31-26(35)22-7-3-4-8-23(22)32(27(31)36)18-25(34)30-17-20-10-12-21(28)13-11-20/h3-4,7-8,10-13,19,22H,5-6,9,14-18H2,1-2H3,(H-,29,30,33,34)/p+1. The highest BCUT2D eigenvalue weighted by Crippen LogP contribution is 2.20. The molecule has 0 fully saturated rings. The van der Waals surface area contributed by atoms with Gasteiger partial charge in [-0.2, -0.15) is 14.3 Å². The van der Waals surface area contributed by atoms with Crippen LogP contribution in [0.5, 0.6) is 0 Å². The van der Waals surface area contributed by atoms with Crippen LogP contribution in [0.1, 0.15) is 45.1 Å². The minimum atomic E-state index is -0.615. The molecule has 9 heteroatoms. The molecular formula is C27H34ClN4O4+. The maximum absolute atomic E-state index is 13.2. The van der Waals surface area contributed by atoms with Crippen LogP contribution in [0.2, 0.25) is 5.02 Å². The molecule has 0 spiro atoms. The topological polar surface area (TPSA) is 98.6 Å². The minimum absolute atomic E-state index is 0.0260. The average Bonchev–Trinajstić information content (AvgIpc) is 2.85. The molecular weight excluding hydrogens is 480 g/mol. The summed E-state index contributed by atoms with van der Waals surface area (Å²) in [5, 5.41) is 6.32. The second kappa shape index (κ2) is 13.2. The van der Waals surface area contributed by atoms with E-state index in [4.69, 9.17) is 11.6 Å². The molecule has 0 bridgehead atoms. The highest BCUT2D eigenvalue weighted by Gasteiger charge is 2.46. The Morgan fingerprint density at radius 1 is 1.06 bits per heavy atom. The number of halogens is 1. The summed E-state index contributed by atoms with van der Waals surface area (Å²) in [6.07, 6.45) is 9.28. The number of nitrogens with one attached hydrogen (secondary N) is 2. The minimum Gasteiger partial charge on any atom is -0.356 e. The van der Waals surface area contributed by atoms with E-state index in [0.717, 1.165) is 12.0 Å². The van der Waals surface area contributed by atoms with E-state index in [1.54, 1.807) is 36.4 Å². The molecule has 8 nitrogen and oxygen atoms in total. The largest absolute Gasteiger partial charge is 0.501 e. The summed E-state index contributed by atoms with van der Waals surface area (Å²) in [6.45, 7) is 5.15. The summed E-state index contributed by atoms with van der Waals surface area (Å²) < 4.78 is 1.36. The molecule has 1 unspecified atom stereocenters. The first kappa shape index (κ1) is 27.3. The summed E-state index contributed by atoms with van der Waals surface area (Å²) in [7, 11) is 0. The molecule has 192 valence electrons. The summed E-state index contributed by atoms with van der Waals surface area (Å²) in [5.74, 6) is -0.762. The second-order valence-corrected chi connectivity index (χ2v) is 9.83. The Kier molecular flexibility index (Phi) is 9.99. The number of carbonyl (C=O) groups excluding carboxylic acids is 4. The zero-order valence-electron chi connectivity index (χ0n) is 20.8. The monoisotopic (exact) mass is 513 g/mol. The summed E-state index contributed by atoms with van der Waals surface area (Å²) in [5.41, 5.74) is 1.38. The fourth-order valence-electron chi connectivity index (χ4n) is 4.03. The van der Waals surface area contributed by atoms with Gasteiger partial charge >= 0.3 is 11.9 Å². The normalized spacial score (nSPS) is 17.0. The SMILES string of the molecule is CC(C)CCNC(=O)CCCCN1C(=O)C2C=CC=CC2=[N+](CC(=O)NCc2ccc(Cl)cc2)C1=O. The Bertz CT molecular complexity index is 1080. The number of amides is 5. The van der Waals surface area contributed by atoms with Crippen molar-refractivity contribution in [3.8, 4) is 0 Å². The van der Waals surface area contributed by atoms with Gasteiger partial charge in [-0.3, -0.25) is 9.59 Å². The Morgan fingerprint density at radius 3 is 2.53 bits per heavy atom. The van der Waals surface area contributed by atoms with Crippen molar-refractivity contribution in [3.63, 3.8) is 0 Å². The number of carbonyl (C=O) groups is 4. The molecule has 1 aromatic carbocycles. The lowest BCUT2D eigenvalue weighted by atomic mass is 9.94. The molecule has 2 aliphatic rings. The van der Waals surface area contributed by atoms with Crippen LogP contribution in [0.15, 0.2) is 48.6 Å². The van der Waals surface area contributed by atoms with Crippen LogP contribution in [0, 0.1) is 11.8 Å².